The highest BCUT2D eigenvalue weighted by Crippen LogP contribution is 2.40. The Morgan fingerprint density at radius 2 is 1.62 bits per heavy atom. The summed E-state index contributed by atoms with van der Waals surface area (Å²) in [6, 6.07) is 5.50. The van der Waals surface area contributed by atoms with Crippen LogP contribution in [0.1, 0.15) is 33.9 Å². The Labute approximate surface area is 167 Å². The number of rotatable bonds is 5. The van der Waals surface area contributed by atoms with E-state index >= 15 is 0 Å². The second-order valence-electron chi connectivity index (χ2n) is 6.61. The minimum Gasteiger partial charge on any atom is -0.493 e. The number of halogens is 2. The molecule has 2 aromatic rings. The van der Waals surface area contributed by atoms with Crippen molar-refractivity contribution in [3.63, 3.8) is 0 Å². The highest BCUT2D eigenvalue weighted by Gasteiger charge is 2.34. The first kappa shape index (κ1) is 20.6. The Morgan fingerprint density at radius 1 is 1.00 bits per heavy atom. The van der Waals surface area contributed by atoms with Crippen molar-refractivity contribution in [2.45, 2.75) is 18.9 Å². The molecule has 6 nitrogen and oxygen atoms in total. The van der Waals surface area contributed by atoms with Gasteiger partial charge in [-0.1, -0.05) is 0 Å². The smallest absolute Gasteiger partial charge is 0.307 e. The van der Waals surface area contributed by atoms with Gasteiger partial charge in [0.25, 0.3) is 5.91 Å². The number of benzene rings is 2. The molecule has 1 aliphatic heterocycles. The summed E-state index contributed by atoms with van der Waals surface area (Å²) in [4.78, 5) is 26.5. The van der Waals surface area contributed by atoms with Crippen LogP contribution < -0.4 is 9.47 Å². The van der Waals surface area contributed by atoms with Gasteiger partial charge in [-0.25, -0.2) is 8.78 Å². The molecule has 0 aliphatic carbocycles. The Balaban J connectivity index is 2.06. The van der Waals surface area contributed by atoms with Crippen molar-refractivity contribution in [3.8, 4) is 11.5 Å². The van der Waals surface area contributed by atoms with Crippen molar-refractivity contribution in [1.82, 2.24) is 4.90 Å². The molecule has 1 amide bonds. The maximum atomic E-state index is 13.6. The molecule has 2 aromatic carbocycles. The van der Waals surface area contributed by atoms with E-state index in [1.54, 1.807) is 6.07 Å². The molecule has 0 saturated carbocycles. The van der Waals surface area contributed by atoms with Crippen molar-refractivity contribution in [2.24, 2.45) is 0 Å². The number of carbonyl (C=O) groups excluding carboxylic acids is 2. The molecule has 8 heteroatoms. The fourth-order valence-corrected chi connectivity index (χ4v) is 3.58. The van der Waals surface area contributed by atoms with Crippen LogP contribution in [0.2, 0.25) is 0 Å². The van der Waals surface area contributed by atoms with Crippen molar-refractivity contribution in [1.29, 1.82) is 0 Å². The fraction of sp³-hybridized carbons (Fsp3) is 0.333. The van der Waals surface area contributed by atoms with Gasteiger partial charge in [-0.2, -0.15) is 0 Å². The number of amides is 1. The molecule has 0 aromatic heterocycles. The summed E-state index contributed by atoms with van der Waals surface area (Å²) in [5.74, 6) is -1.79. The molecule has 3 rings (SSSR count). The molecule has 0 unspecified atom stereocenters. The molecule has 1 atom stereocenters. The van der Waals surface area contributed by atoms with Gasteiger partial charge in [0.15, 0.2) is 11.5 Å². The first-order valence-corrected chi connectivity index (χ1v) is 8.96. The van der Waals surface area contributed by atoms with Crippen LogP contribution in [0, 0.1) is 11.6 Å². The van der Waals surface area contributed by atoms with E-state index < -0.39 is 29.6 Å². The van der Waals surface area contributed by atoms with Gasteiger partial charge in [-0.05, 0) is 41.8 Å². The summed E-state index contributed by atoms with van der Waals surface area (Å²) >= 11 is 0. The molecule has 0 fully saturated rings. The maximum Gasteiger partial charge on any atom is 0.307 e. The Kier molecular flexibility index (Phi) is 6.00. The Bertz CT molecular complexity index is 927. The van der Waals surface area contributed by atoms with Crippen LogP contribution in [0.4, 0.5) is 8.78 Å². The monoisotopic (exact) mass is 405 g/mol. The molecule has 0 radical (unpaired) electrons. The highest BCUT2D eigenvalue weighted by molar-refractivity contribution is 5.95. The van der Waals surface area contributed by atoms with Crippen molar-refractivity contribution in [3.05, 3.63) is 58.7 Å². The summed E-state index contributed by atoms with van der Waals surface area (Å²) in [6.45, 7) is 0.265. The van der Waals surface area contributed by atoms with Crippen LogP contribution in [0.3, 0.4) is 0 Å². The zero-order chi connectivity index (χ0) is 21.1. The zero-order valence-corrected chi connectivity index (χ0v) is 16.3. The van der Waals surface area contributed by atoms with E-state index in [0.29, 0.717) is 29.5 Å². The Hall–Kier alpha value is -3.16. The minimum atomic E-state index is -0.846. The number of nitrogens with zero attached hydrogens (tertiary/aromatic N) is 1. The molecule has 154 valence electrons. The summed E-state index contributed by atoms with van der Waals surface area (Å²) in [5, 5.41) is 0. The molecule has 1 aliphatic rings. The second kappa shape index (κ2) is 8.46. The standard InChI is InChI=1S/C21H21F2NO5/c1-27-18-8-12-4-5-24(21(26)13-6-14(22)9-15(23)7-13)17(11-20(25)29-3)16(12)10-19(18)28-2/h6-10,17H,4-5,11H2,1-3H3/t17-/m1/s1. The van der Waals surface area contributed by atoms with Gasteiger partial charge in [0.1, 0.15) is 11.6 Å². The van der Waals surface area contributed by atoms with Gasteiger partial charge in [0.05, 0.1) is 33.8 Å². The molecule has 1 heterocycles. The van der Waals surface area contributed by atoms with Crippen LogP contribution in [0.15, 0.2) is 30.3 Å². The average Bonchev–Trinajstić information content (AvgIpc) is 2.71. The third-order valence-electron chi connectivity index (χ3n) is 4.96. The molecular formula is C21H21F2NO5. The quantitative estimate of drug-likeness (QED) is 0.715. The molecule has 0 saturated heterocycles. The van der Waals surface area contributed by atoms with Crippen LogP contribution >= 0.6 is 0 Å². The highest BCUT2D eigenvalue weighted by atomic mass is 19.1. The van der Waals surface area contributed by atoms with E-state index in [9.17, 15) is 18.4 Å². The third-order valence-corrected chi connectivity index (χ3v) is 4.96. The fourth-order valence-electron chi connectivity index (χ4n) is 3.58. The summed E-state index contributed by atoms with van der Waals surface area (Å²) < 4.78 is 42.7. The van der Waals surface area contributed by atoms with Crippen molar-refractivity contribution < 1.29 is 32.6 Å². The number of fused-ring (bicyclic) bond motifs is 1. The van der Waals surface area contributed by atoms with Gasteiger partial charge >= 0.3 is 5.97 Å². The SMILES string of the molecule is COC(=O)C[C@@H]1c2cc(OC)c(OC)cc2CCN1C(=O)c1cc(F)cc(F)c1. The van der Waals surface area contributed by atoms with Crippen molar-refractivity contribution in [2.75, 3.05) is 27.9 Å². The number of hydrogen-bond donors (Lipinski definition) is 0. The minimum absolute atomic E-state index is 0.109. The normalized spacial score (nSPS) is 15.5. The van der Waals surface area contributed by atoms with E-state index in [2.05, 4.69) is 0 Å². The number of methoxy groups -OCH3 is 3. The lowest BCUT2D eigenvalue weighted by molar-refractivity contribution is -0.141. The number of carbonyl (C=O) groups is 2. The van der Waals surface area contributed by atoms with Gasteiger partial charge in [0, 0.05) is 18.2 Å². The van der Waals surface area contributed by atoms with Gasteiger partial charge in [-0.3, -0.25) is 9.59 Å². The van der Waals surface area contributed by atoms with Gasteiger partial charge < -0.3 is 19.1 Å². The number of ether oxygens (including phenoxy) is 3. The van der Waals surface area contributed by atoms with Crippen LogP contribution in [0.5, 0.6) is 11.5 Å². The maximum absolute atomic E-state index is 13.6. The van der Waals surface area contributed by atoms with Gasteiger partial charge in [0.2, 0.25) is 0 Å². The largest absolute Gasteiger partial charge is 0.493 e. The first-order chi connectivity index (χ1) is 13.9. The zero-order valence-electron chi connectivity index (χ0n) is 16.3. The van der Waals surface area contributed by atoms with Crippen LogP contribution in [-0.2, 0) is 16.0 Å². The average molecular weight is 405 g/mol. The third kappa shape index (κ3) is 4.16. The van der Waals surface area contributed by atoms with E-state index in [4.69, 9.17) is 14.2 Å². The molecule has 0 N–H and O–H groups in total. The molecule has 0 spiro atoms. The van der Waals surface area contributed by atoms with Crippen LogP contribution in [0.25, 0.3) is 0 Å². The predicted molar refractivity (Wildman–Crippen MR) is 100 cm³/mol. The lowest BCUT2D eigenvalue weighted by Crippen LogP contribution is -2.41. The van der Waals surface area contributed by atoms with E-state index in [0.717, 1.165) is 17.7 Å². The summed E-state index contributed by atoms with van der Waals surface area (Å²) in [7, 11) is 4.27. The molecule has 29 heavy (non-hydrogen) atoms. The summed E-state index contributed by atoms with van der Waals surface area (Å²) in [6.07, 6.45) is 0.374. The Morgan fingerprint density at radius 3 is 2.21 bits per heavy atom. The number of esters is 1. The topological polar surface area (TPSA) is 65.1 Å². The molecule has 0 bridgehead atoms. The van der Waals surface area contributed by atoms with Crippen LogP contribution in [-0.4, -0.2) is 44.7 Å². The number of hydrogen-bond acceptors (Lipinski definition) is 5. The van der Waals surface area contributed by atoms with E-state index in [1.807, 2.05) is 6.07 Å². The van der Waals surface area contributed by atoms with E-state index in [-0.39, 0.29) is 18.5 Å². The second-order valence-corrected chi connectivity index (χ2v) is 6.61. The lowest BCUT2D eigenvalue weighted by atomic mass is 9.89. The molecular weight excluding hydrogens is 384 g/mol. The summed E-state index contributed by atoms with van der Waals surface area (Å²) in [5.41, 5.74) is 1.47. The van der Waals surface area contributed by atoms with Gasteiger partial charge in [-0.15, -0.1) is 0 Å². The van der Waals surface area contributed by atoms with E-state index in [1.165, 1.54) is 26.2 Å². The predicted octanol–water partition coefficient (Wildman–Crippen LogP) is 3.28. The first-order valence-electron chi connectivity index (χ1n) is 8.96. The lowest BCUT2D eigenvalue weighted by Gasteiger charge is -2.37. The van der Waals surface area contributed by atoms with Crippen molar-refractivity contribution >= 4 is 11.9 Å².